The van der Waals surface area contributed by atoms with Crippen LogP contribution in [-0.4, -0.2) is 54.3 Å². The van der Waals surface area contributed by atoms with Gasteiger partial charge in [-0.25, -0.2) is 4.90 Å². The zero-order chi connectivity index (χ0) is 21.3. The van der Waals surface area contributed by atoms with Crippen LogP contribution in [0.2, 0.25) is 5.02 Å². The summed E-state index contributed by atoms with van der Waals surface area (Å²) in [5.74, 6) is -0.529. The van der Waals surface area contributed by atoms with Crippen molar-refractivity contribution in [3.05, 3.63) is 70.4 Å². The van der Waals surface area contributed by atoms with Gasteiger partial charge in [-0.1, -0.05) is 49.7 Å². The zero-order valence-corrected chi connectivity index (χ0v) is 18.2. The van der Waals surface area contributed by atoms with E-state index in [0.29, 0.717) is 22.0 Å². The van der Waals surface area contributed by atoms with Gasteiger partial charge in [0.25, 0.3) is 11.8 Å². The number of aryl methyl sites for hydroxylation is 1. The van der Waals surface area contributed by atoms with Gasteiger partial charge in [0, 0.05) is 31.2 Å². The maximum atomic E-state index is 13.5. The Kier molecular flexibility index (Phi) is 5.93. The van der Waals surface area contributed by atoms with Crippen molar-refractivity contribution in [2.45, 2.75) is 20.3 Å². The first-order chi connectivity index (χ1) is 14.5. The molecule has 156 valence electrons. The van der Waals surface area contributed by atoms with Crippen LogP contribution in [0.4, 0.5) is 5.69 Å². The normalized spacial score (nSPS) is 18.0. The second-order valence-corrected chi connectivity index (χ2v) is 8.05. The Bertz CT molecular complexity index is 975. The molecular formula is C24H26ClN3O2. The van der Waals surface area contributed by atoms with Gasteiger partial charge in [-0.2, -0.15) is 0 Å². The summed E-state index contributed by atoms with van der Waals surface area (Å²) in [6.45, 7) is 8.40. The second kappa shape index (κ2) is 8.62. The van der Waals surface area contributed by atoms with Crippen LogP contribution in [0.25, 0.3) is 5.57 Å². The molecule has 0 bridgehead atoms. The quantitative estimate of drug-likeness (QED) is 0.686. The number of hydrogen-bond donors (Lipinski definition) is 0. The average Bonchev–Trinajstić information content (AvgIpc) is 3.04. The third-order valence-electron chi connectivity index (χ3n) is 5.93. The van der Waals surface area contributed by atoms with Crippen molar-refractivity contribution >= 4 is 34.7 Å². The number of halogens is 1. The van der Waals surface area contributed by atoms with Crippen molar-refractivity contribution in [2.24, 2.45) is 0 Å². The highest BCUT2D eigenvalue weighted by atomic mass is 35.5. The fourth-order valence-corrected chi connectivity index (χ4v) is 4.22. The van der Waals surface area contributed by atoms with Gasteiger partial charge in [-0.3, -0.25) is 9.59 Å². The summed E-state index contributed by atoms with van der Waals surface area (Å²) < 4.78 is 0. The lowest BCUT2D eigenvalue weighted by Crippen LogP contribution is -2.47. The summed E-state index contributed by atoms with van der Waals surface area (Å²) in [7, 11) is 0. The average molecular weight is 424 g/mol. The number of benzene rings is 2. The maximum absolute atomic E-state index is 13.5. The Labute approximate surface area is 182 Å². The zero-order valence-electron chi connectivity index (χ0n) is 17.4. The van der Waals surface area contributed by atoms with Crippen LogP contribution in [-0.2, 0) is 16.0 Å². The topological polar surface area (TPSA) is 43.9 Å². The highest BCUT2D eigenvalue weighted by Gasteiger charge is 2.42. The summed E-state index contributed by atoms with van der Waals surface area (Å²) in [6, 6.07) is 14.8. The molecule has 2 aliphatic rings. The van der Waals surface area contributed by atoms with Crippen LogP contribution in [0.1, 0.15) is 25.0 Å². The van der Waals surface area contributed by atoms with Gasteiger partial charge < -0.3 is 9.80 Å². The van der Waals surface area contributed by atoms with E-state index in [2.05, 4.69) is 23.6 Å². The minimum atomic E-state index is -0.278. The molecule has 4 rings (SSSR count). The molecule has 0 N–H and O–H groups in total. The summed E-state index contributed by atoms with van der Waals surface area (Å²) >= 11 is 6.06. The van der Waals surface area contributed by atoms with E-state index >= 15 is 0 Å². The van der Waals surface area contributed by atoms with Crippen LogP contribution in [0.5, 0.6) is 0 Å². The predicted octanol–water partition coefficient (Wildman–Crippen LogP) is 3.82. The Morgan fingerprint density at radius 2 is 1.47 bits per heavy atom. The van der Waals surface area contributed by atoms with E-state index in [0.717, 1.165) is 44.7 Å². The Morgan fingerprint density at radius 1 is 0.833 bits per heavy atom. The van der Waals surface area contributed by atoms with Gasteiger partial charge in [-0.05, 0) is 48.4 Å². The first-order valence-corrected chi connectivity index (χ1v) is 10.9. The maximum Gasteiger partial charge on any atom is 0.282 e. The van der Waals surface area contributed by atoms with E-state index in [1.54, 1.807) is 12.1 Å². The standard InChI is InChI=1S/C24H26ClN3O2/c1-3-17-5-11-20(12-6-17)28-23(29)21(18-7-9-19(25)10-8-18)22(24(28)30)27-15-13-26(4-2)14-16-27/h5-12H,3-4,13-16H2,1-2H3. The van der Waals surface area contributed by atoms with Crippen molar-refractivity contribution in [3.63, 3.8) is 0 Å². The summed E-state index contributed by atoms with van der Waals surface area (Å²) in [5.41, 5.74) is 3.45. The molecule has 0 aliphatic carbocycles. The van der Waals surface area contributed by atoms with Gasteiger partial charge in [0.2, 0.25) is 0 Å². The molecular weight excluding hydrogens is 398 g/mol. The minimum absolute atomic E-state index is 0.251. The molecule has 0 radical (unpaired) electrons. The van der Waals surface area contributed by atoms with E-state index in [9.17, 15) is 9.59 Å². The number of hydrogen-bond acceptors (Lipinski definition) is 4. The van der Waals surface area contributed by atoms with E-state index in [1.807, 2.05) is 36.4 Å². The molecule has 0 atom stereocenters. The van der Waals surface area contributed by atoms with E-state index in [1.165, 1.54) is 10.5 Å². The Morgan fingerprint density at radius 3 is 2.03 bits per heavy atom. The molecule has 0 aromatic heterocycles. The summed E-state index contributed by atoms with van der Waals surface area (Å²) in [5, 5.41) is 0.598. The molecule has 5 nitrogen and oxygen atoms in total. The molecule has 30 heavy (non-hydrogen) atoms. The molecule has 2 aromatic carbocycles. The molecule has 1 saturated heterocycles. The number of piperazine rings is 1. The molecule has 2 amide bonds. The van der Waals surface area contributed by atoms with Crippen molar-refractivity contribution in [3.8, 4) is 0 Å². The van der Waals surface area contributed by atoms with E-state index in [4.69, 9.17) is 11.6 Å². The monoisotopic (exact) mass is 423 g/mol. The van der Waals surface area contributed by atoms with Gasteiger partial charge in [0.15, 0.2) is 0 Å². The third-order valence-corrected chi connectivity index (χ3v) is 6.18. The summed E-state index contributed by atoms with van der Waals surface area (Å²) in [6.07, 6.45) is 0.906. The number of carbonyl (C=O) groups is 2. The third kappa shape index (κ3) is 3.75. The number of nitrogens with zero attached hydrogens (tertiary/aromatic N) is 3. The smallest absolute Gasteiger partial charge is 0.282 e. The van der Waals surface area contributed by atoms with Crippen LogP contribution < -0.4 is 4.90 Å². The summed E-state index contributed by atoms with van der Waals surface area (Å²) in [4.78, 5) is 32.8. The van der Waals surface area contributed by atoms with E-state index in [-0.39, 0.29) is 11.8 Å². The number of amides is 2. The van der Waals surface area contributed by atoms with Crippen LogP contribution >= 0.6 is 11.6 Å². The number of rotatable bonds is 5. The van der Waals surface area contributed by atoms with Crippen molar-refractivity contribution < 1.29 is 9.59 Å². The van der Waals surface area contributed by atoms with E-state index < -0.39 is 0 Å². The minimum Gasteiger partial charge on any atom is -0.364 e. The fourth-order valence-electron chi connectivity index (χ4n) is 4.09. The highest BCUT2D eigenvalue weighted by Crippen LogP contribution is 2.35. The first kappa shape index (κ1) is 20.6. The lowest BCUT2D eigenvalue weighted by atomic mass is 10.0. The largest absolute Gasteiger partial charge is 0.364 e. The number of imide groups is 1. The van der Waals surface area contributed by atoms with Crippen LogP contribution in [0.15, 0.2) is 54.2 Å². The molecule has 1 fully saturated rings. The predicted molar refractivity (Wildman–Crippen MR) is 120 cm³/mol. The molecule has 0 spiro atoms. The number of carbonyl (C=O) groups excluding carboxylic acids is 2. The Hall–Kier alpha value is -2.63. The Balaban J connectivity index is 1.75. The molecule has 2 aromatic rings. The SMILES string of the molecule is CCc1ccc(N2C(=O)C(c3ccc(Cl)cc3)=C(N3CCN(CC)CC3)C2=O)cc1. The number of anilines is 1. The fraction of sp³-hybridized carbons (Fsp3) is 0.333. The molecule has 6 heteroatoms. The van der Waals surface area contributed by atoms with Crippen LogP contribution in [0.3, 0.4) is 0 Å². The molecule has 2 aliphatic heterocycles. The number of likely N-dealkylation sites (N-methyl/N-ethyl adjacent to an activating group) is 1. The van der Waals surface area contributed by atoms with Gasteiger partial charge in [-0.15, -0.1) is 0 Å². The highest BCUT2D eigenvalue weighted by molar-refractivity contribution is 6.45. The van der Waals surface area contributed by atoms with Gasteiger partial charge >= 0.3 is 0 Å². The lowest BCUT2D eigenvalue weighted by Gasteiger charge is -2.36. The van der Waals surface area contributed by atoms with Gasteiger partial charge in [0.1, 0.15) is 5.70 Å². The molecule has 2 heterocycles. The lowest BCUT2D eigenvalue weighted by molar-refractivity contribution is -0.120. The molecule has 0 unspecified atom stereocenters. The second-order valence-electron chi connectivity index (χ2n) is 7.62. The van der Waals surface area contributed by atoms with Gasteiger partial charge in [0.05, 0.1) is 11.3 Å². The van der Waals surface area contributed by atoms with Crippen LogP contribution in [0, 0.1) is 0 Å². The van der Waals surface area contributed by atoms with Crippen molar-refractivity contribution in [1.82, 2.24) is 9.80 Å². The first-order valence-electron chi connectivity index (χ1n) is 10.5. The van der Waals surface area contributed by atoms with Crippen molar-refractivity contribution in [2.75, 3.05) is 37.6 Å². The van der Waals surface area contributed by atoms with Crippen molar-refractivity contribution in [1.29, 1.82) is 0 Å². The molecule has 0 saturated carbocycles.